The van der Waals surface area contributed by atoms with Crippen LogP contribution >= 0.6 is 11.6 Å². The van der Waals surface area contributed by atoms with Crippen LogP contribution < -0.4 is 10.9 Å². The van der Waals surface area contributed by atoms with Crippen molar-refractivity contribution in [3.8, 4) is 22.7 Å². The van der Waals surface area contributed by atoms with Gasteiger partial charge >= 0.3 is 0 Å². The predicted molar refractivity (Wildman–Crippen MR) is 125 cm³/mol. The summed E-state index contributed by atoms with van der Waals surface area (Å²) in [6, 6.07) is 18.6. The number of hydrogen-bond donors (Lipinski definition) is 1. The highest BCUT2D eigenvalue weighted by atomic mass is 35.5. The van der Waals surface area contributed by atoms with E-state index in [2.05, 4.69) is 15.4 Å². The number of piperidine rings is 1. The normalized spacial score (nSPS) is 14.5. The first kappa shape index (κ1) is 20.7. The Morgan fingerprint density at radius 1 is 1.03 bits per heavy atom. The molecule has 0 amide bonds. The monoisotopic (exact) mass is 446 g/mol. The molecule has 3 heterocycles. The molecule has 0 unspecified atom stereocenters. The molecule has 0 aliphatic carbocycles. The molecule has 0 bridgehead atoms. The first-order chi connectivity index (χ1) is 15.7. The summed E-state index contributed by atoms with van der Waals surface area (Å²) in [5.41, 5.74) is 3.24. The minimum atomic E-state index is -0.162. The van der Waals surface area contributed by atoms with Gasteiger partial charge in [0.15, 0.2) is 0 Å². The maximum Gasteiger partial charge on any atom is 0.267 e. The van der Waals surface area contributed by atoms with Crippen LogP contribution in [0.25, 0.3) is 22.7 Å². The van der Waals surface area contributed by atoms with Crippen LogP contribution in [0.2, 0.25) is 5.02 Å². The van der Waals surface area contributed by atoms with Gasteiger partial charge in [0, 0.05) is 28.1 Å². The Hall–Kier alpha value is -3.22. The molecule has 1 fully saturated rings. The molecule has 1 N–H and O–H groups in total. The van der Waals surface area contributed by atoms with Crippen LogP contribution in [0.4, 0.5) is 0 Å². The second-order valence-corrected chi connectivity index (χ2v) is 8.45. The second kappa shape index (κ2) is 9.10. The molecule has 0 saturated carbocycles. The summed E-state index contributed by atoms with van der Waals surface area (Å²) in [4.78, 5) is 17.0. The van der Waals surface area contributed by atoms with Crippen LogP contribution in [0.3, 0.4) is 0 Å². The molecular formula is C25H23ClN4O2. The molecule has 4 aromatic rings. The molecule has 5 rings (SSSR count). The Balaban J connectivity index is 1.39. The fourth-order valence-electron chi connectivity index (χ4n) is 4.05. The summed E-state index contributed by atoms with van der Waals surface area (Å²) in [6.45, 7) is 2.36. The van der Waals surface area contributed by atoms with E-state index in [9.17, 15) is 4.79 Å². The largest absolute Gasteiger partial charge is 0.441 e. The highest BCUT2D eigenvalue weighted by Crippen LogP contribution is 2.29. The number of oxazole rings is 1. The Bertz CT molecular complexity index is 1290. The van der Waals surface area contributed by atoms with Crippen molar-refractivity contribution in [1.82, 2.24) is 20.1 Å². The van der Waals surface area contributed by atoms with E-state index >= 15 is 0 Å². The first-order valence-corrected chi connectivity index (χ1v) is 11.1. The Kier molecular flexibility index (Phi) is 5.88. The van der Waals surface area contributed by atoms with Crippen LogP contribution in [0, 0.1) is 0 Å². The highest BCUT2D eigenvalue weighted by Gasteiger charge is 2.20. The Labute approximate surface area is 190 Å². The minimum Gasteiger partial charge on any atom is -0.441 e. The summed E-state index contributed by atoms with van der Waals surface area (Å²) in [5.74, 6) is 1.96. The van der Waals surface area contributed by atoms with E-state index in [1.54, 1.807) is 6.07 Å². The van der Waals surface area contributed by atoms with Crippen LogP contribution in [-0.4, -0.2) is 27.9 Å². The van der Waals surface area contributed by atoms with Gasteiger partial charge in [-0.2, -0.15) is 5.10 Å². The zero-order valence-corrected chi connectivity index (χ0v) is 18.3. The molecule has 7 heteroatoms. The Morgan fingerprint density at radius 2 is 1.84 bits per heavy atom. The average Bonchev–Trinajstić information content (AvgIpc) is 3.32. The maximum absolute atomic E-state index is 12.4. The number of benzene rings is 2. The highest BCUT2D eigenvalue weighted by molar-refractivity contribution is 6.30. The van der Waals surface area contributed by atoms with Gasteiger partial charge in [-0.1, -0.05) is 35.9 Å². The van der Waals surface area contributed by atoms with Gasteiger partial charge in [-0.25, -0.2) is 9.67 Å². The fraction of sp³-hybridized carbons (Fsp3) is 0.240. The lowest BCUT2D eigenvalue weighted by molar-refractivity contribution is 0.390. The van der Waals surface area contributed by atoms with Gasteiger partial charge in [0.2, 0.25) is 5.89 Å². The molecule has 6 nitrogen and oxygen atoms in total. The van der Waals surface area contributed by atoms with Crippen molar-refractivity contribution in [1.29, 1.82) is 0 Å². The zero-order chi connectivity index (χ0) is 21.9. The predicted octanol–water partition coefficient (Wildman–Crippen LogP) is 4.73. The van der Waals surface area contributed by atoms with Crippen LogP contribution in [-0.2, 0) is 6.54 Å². The number of nitrogens with zero attached hydrogens (tertiary/aromatic N) is 3. The van der Waals surface area contributed by atoms with Crippen molar-refractivity contribution in [2.24, 2.45) is 0 Å². The molecule has 2 aromatic heterocycles. The lowest BCUT2D eigenvalue weighted by Crippen LogP contribution is -2.26. The van der Waals surface area contributed by atoms with Gasteiger partial charge in [0.1, 0.15) is 5.76 Å². The lowest BCUT2D eigenvalue weighted by Gasteiger charge is -2.19. The average molecular weight is 447 g/mol. The van der Waals surface area contributed by atoms with Crippen molar-refractivity contribution >= 4 is 11.6 Å². The van der Waals surface area contributed by atoms with Crippen molar-refractivity contribution < 1.29 is 4.42 Å². The van der Waals surface area contributed by atoms with Gasteiger partial charge in [-0.3, -0.25) is 4.79 Å². The third-order valence-electron chi connectivity index (χ3n) is 5.76. The van der Waals surface area contributed by atoms with Gasteiger partial charge < -0.3 is 9.73 Å². The molecule has 0 radical (unpaired) electrons. The Morgan fingerprint density at radius 3 is 2.69 bits per heavy atom. The molecule has 0 spiro atoms. The van der Waals surface area contributed by atoms with Crippen molar-refractivity contribution in [3.63, 3.8) is 0 Å². The SMILES string of the molecule is O=c1ccc(-c2cccc(Cl)c2)nn1Cc1cccc(-c2ncc(C3CCNCC3)o2)c1. The molecule has 32 heavy (non-hydrogen) atoms. The van der Waals surface area contributed by atoms with E-state index in [4.69, 9.17) is 16.0 Å². The van der Waals surface area contributed by atoms with Crippen LogP contribution in [0.15, 0.2) is 76.1 Å². The summed E-state index contributed by atoms with van der Waals surface area (Å²) in [5, 5.41) is 8.55. The first-order valence-electron chi connectivity index (χ1n) is 10.8. The molecule has 1 aliphatic rings. The molecule has 1 aliphatic heterocycles. The minimum absolute atomic E-state index is 0.162. The smallest absolute Gasteiger partial charge is 0.267 e. The third kappa shape index (κ3) is 4.52. The quantitative estimate of drug-likeness (QED) is 0.479. The second-order valence-electron chi connectivity index (χ2n) is 8.02. The fourth-order valence-corrected chi connectivity index (χ4v) is 4.25. The lowest BCUT2D eigenvalue weighted by atomic mass is 9.96. The molecule has 2 aromatic carbocycles. The number of rotatable bonds is 5. The molecule has 1 saturated heterocycles. The summed E-state index contributed by atoms with van der Waals surface area (Å²) in [7, 11) is 0. The zero-order valence-electron chi connectivity index (χ0n) is 17.5. The van der Waals surface area contributed by atoms with Crippen LogP contribution in [0.5, 0.6) is 0 Å². The van der Waals surface area contributed by atoms with Crippen LogP contribution in [0.1, 0.15) is 30.1 Å². The molecular weight excluding hydrogens is 424 g/mol. The van der Waals surface area contributed by atoms with E-state index in [1.165, 1.54) is 10.7 Å². The van der Waals surface area contributed by atoms with E-state index in [1.807, 2.05) is 54.7 Å². The van der Waals surface area contributed by atoms with Gasteiger partial charge in [0.05, 0.1) is 18.4 Å². The van der Waals surface area contributed by atoms with E-state index in [0.29, 0.717) is 29.1 Å². The van der Waals surface area contributed by atoms with Gasteiger partial charge in [-0.05, 0) is 61.8 Å². The summed E-state index contributed by atoms with van der Waals surface area (Å²) < 4.78 is 7.55. The molecule has 0 atom stereocenters. The number of aromatic nitrogens is 3. The number of nitrogens with one attached hydrogen (secondary N) is 1. The van der Waals surface area contributed by atoms with E-state index < -0.39 is 0 Å². The van der Waals surface area contributed by atoms with Gasteiger partial charge in [-0.15, -0.1) is 0 Å². The standard InChI is InChI=1S/C25H23ClN4O2/c26-21-6-2-4-19(14-21)22-7-8-24(31)30(29-22)16-17-3-1-5-20(13-17)25-28-15-23(32-25)18-9-11-27-12-10-18/h1-8,13-15,18,27H,9-12,16H2. The maximum atomic E-state index is 12.4. The summed E-state index contributed by atoms with van der Waals surface area (Å²) >= 11 is 6.11. The van der Waals surface area contributed by atoms with Crippen molar-refractivity contribution in [3.05, 3.63) is 93.6 Å². The van der Waals surface area contributed by atoms with Crippen molar-refractivity contribution in [2.45, 2.75) is 25.3 Å². The van der Waals surface area contributed by atoms with E-state index in [0.717, 1.165) is 48.4 Å². The van der Waals surface area contributed by atoms with Crippen molar-refractivity contribution in [2.75, 3.05) is 13.1 Å². The molecule has 162 valence electrons. The van der Waals surface area contributed by atoms with E-state index in [-0.39, 0.29) is 5.56 Å². The number of hydrogen-bond acceptors (Lipinski definition) is 5. The number of halogens is 1. The topological polar surface area (TPSA) is 73.0 Å². The summed E-state index contributed by atoms with van der Waals surface area (Å²) in [6.07, 6.45) is 3.97. The van der Waals surface area contributed by atoms with Gasteiger partial charge in [0.25, 0.3) is 5.56 Å². The third-order valence-corrected chi connectivity index (χ3v) is 5.99.